The van der Waals surface area contributed by atoms with Crippen molar-refractivity contribution in [3.8, 4) is 5.69 Å². The van der Waals surface area contributed by atoms with Crippen LogP contribution in [0.25, 0.3) is 16.5 Å². The van der Waals surface area contributed by atoms with Crippen LogP contribution in [0, 0.1) is 6.92 Å². The number of hydrogen-bond acceptors (Lipinski definition) is 5. The molecule has 8 heteroatoms. The van der Waals surface area contributed by atoms with Gasteiger partial charge in [-0.15, -0.1) is 10.2 Å². The summed E-state index contributed by atoms with van der Waals surface area (Å²) in [6.07, 6.45) is 0. The van der Waals surface area contributed by atoms with Crippen LogP contribution in [0.2, 0.25) is 0 Å². The number of thioether (sulfide) groups is 1. The molecule has 0 fully saturated rings. The normalized spacial score (nSPS) is 11.8. The highest BCUT2D eigenvalue weighted by atomic mass is 32.2. The van der Waals surface area contributed by atoms with Crippen molar-refractivity contribution in [2.24, 2.45) is 0 Å². The molecule has 3 aromatic carbocycles. The Morgan fingerprint density at radius 3 is 2.61 bits per heavy atom. The maximum absolute atomic E-state index is 12.7. The Bertz CT molecular complexity index is 1310. The Kier molecular flexibility index (Phi) is 6.74. The van der Waals surface area contributed by atoms with Crippen LogP contribution in [-0.2, 0) is 9.59 Å². The number of carbonyl (C=O) groups is 2. The van der Waals surface area contributed by atoms with Gasteiger partial charge in [0.25, 0.3) is 0 Å². The largest absolute Gasteiger partial charge is 0.349 e. The summed E-state index contributed by atoms with van der Waals surface area (Å²) in [7, 11) is 0. The van der Waals surface area contributed by atoms with Crippen LogP contribution in [-0.4, -0.2) is 32.3 Å². The number of fused-ring (bicyclic) bond motifs is 1. The standard InChI is InChI=1S/C25H25N5O2S/c1-16(22-13-6-9-19-8-4-5-12-23(19)22)26-24(32)15-33-25-29-28-17(2)30(25)21-11-7-10-20(14-21)27-18(3)31/h4-14,16H,15H2,1-3H3,(H,26,32)(H,27,31). The Labute approximate surface area is 196 Å². The molecule has 4 rings (SSSR count). The Morgan fingerprint density at radius 1 is 1.03 bits per heavy atom. The first-order valence-electron chi connectivity index (χ1n) is 10.6. The molecule has 1 atom stereocenters. The molecule has 0 radical (unpaired) electrons. The first-order chi connectivity index (χ1) is 15.9. The maximum Gasteiger partial charge on any atom is 0.230 e. The molecule has 0 aliphatic carbocycles. The number of benzene rings is 3. The van der Waals surface area contributed by atoms with Gasteiger partial charge < -0.3 is 10.6 Å². The van der Waals surface area contributed by atoms with Gasteiger partial charge in [0, 0.05) is 12.6 Å². The van der Waals surface area contributed by atoms with Crippen molar-refractivity contribution in [2.75, 3.05) is 11.1 Å². The van der Waals surface area contributed by atoms with E-state index in [9.17, 15) is 9.59 Å². The number of rotatable bonds is 7. The van der Waals surface area contributed by atoms with E-state index in [2.05, 4.69) is 39.0 Å². The minimum Gasteiger partial charge on any atom is -0.349 e. The second-order valence-corrected chi connectivity index (χ2v) is 8.69. The van der Waals surface area contributed by atoms with Gasteiger partial charge in [0.2, 0.25) is 11.8 Å². The van der Waals surface area contributed by atoms with Crippen molar-refractivity contribution >= 4 is 40.0 Å². The van der Waals surface area contributed by atoms with Gasteiger partial charge in [-0.1, -0.05) is 60.3 Å². The van der Waals surface area contributed by atoms with E-state index >= 15 is 0 Å². The average molecular weight is 460 g/mol. The predicted octanol–water partition coefficient (Wildman–Crippen LogP) is 4.66. The number of hydrogen-bond donors (Lipinski definition) is 2. The number of amides is 2. The Balaban J connectivity index is 1.46. The lowest BCUT2D eigenvalue weighted by Gasteiger charge is -2.16. The van der Waals surface area contributed by atoms with E-state index in [-0.39, 0.29) is 23.6 Å². The predicted molar refractivity (Wildman–Crippen MR) is 132 cm³/mol. The van der Waals surface area contributed by atoms with Crippen molar-refractivity contribution < 1.29 is 9.59 Å². The van der Waals surface area contributed by atoms with E-state index in [1.165, 1.54) is 18.7 Å². The molecule has 1 heterocycles. The molecule has 0 saturated heterocycles. The third kappa shape index (κ3) is 5.23. The highest BCUT2D eigenvalue weighted by Gasteiger charge is 2.16. The molecule has 0 spiro atoms. The number of aryl methyl sites for hydroxylation is 1. The van der Waals surface area contributed by atoms with Crippen molar-refractivity contribution in [2.45, 2.75) is 32.0 Å². The summed E-state index contributed by atoms with van der Waals surface area (Å²) in [5.41, 5.74) is 2.58. The highest BCUT2D eigenvalue weighted by molar-refractivity contribution is 7.99. The number of carbonyl (C=O) groups excluding carboxylic acids is 2. The van der Waals surface area contributed by atoms with Crippen molar-refractivity contribution in [3.05, 3.63) is 78.1 Å². The lowest BCUT2D eigenvalue weighted by atomic mass is 10.00. The third-order valence-electron chi connectivity index (χ3n) is 5.22. The monoisotopic (exact) mass is 459 g/mol. The van der Waals surface area contributed by atoms with Gasteiger partial charge >= 0.3 is 0 Å². The number of nitrogens with zero attached hydrogens (tertiary/aromatic N) is 3. The fourth-order valence-electron chi connectivity index (χ4n) is 3.78. The first-order valence-corrected chi connectivity index (χ1v) is 11.6. The summed E-state index contributed by atoms with van der Waals surface area (Å²) in [5.74, 6) is 0.680. The van der Waals surface area contributed by atoms with E-state index < -0.39 is 0 Å². The second-order valence-electron chi connectivity index (χ2n) is 7.74. The number of anilines is 1. The minimum absolute atomic E-state index is 0.0837. The SMILES string of the molecule is CC(=O)Nc1cccc(-n2c(C)nnc2SCC(=O)NC(C)c2cccc3ccccc23)c1. The molecule has 4 aromatic rings. The summed E-state index contributed by atoms with van der Waals surface area (Å²) in [6, 6.07) is 21.6. The van der Waals surface area contributed by atoms with Gasteiger partial charge in [0.1, 0.15) is 5.82 Å². The maximum atomic E-state index is 12.7. The summed E-state index contributed by atoms with van der Waals surface area (Å²) in [6.45, 7) is 5.31. The van der Waals surface area contributed by atoms with Crippen molar-refractivity contribution in [3.63, 3.8) is 0 Å². The molecule has 2 N–H and O–H groups in total. The van der Waals surface area contributed by atoms with Gasteiger partial charge in [0.15, 0.2) is 5.16 Å². The Hall–Kier alpha value is -3.65. The van der Waals surface area contributed by atoms with Crippen molar-refractivity contribution in [1.29, 1.82) is 0 Å². The molecule has 0 aliphatic heterocycles. The van der Waals surface area contributed by atoms with Gasteiger partial charge in [-0.3, -0.25) is 14.2 Å². The summed E-state index contributed by atoms with van der Waals surface area (Å²) >= 11 is 1.32. The van der Waals surface area contributed by atoms with Gasteiger partial charge in [-0.2, -0.15) is 0 Å². The van der Waals surface area contributed by atoms with E-state index in [4.69, 9.17) is 0 Å². The molecule has 2 amide bonds. The smallest absolute Gasteiger partial charge is 0.230 e. The number of nitrogens with one attached hydrogen (secondary N) is 2. The van der Waals surface area contributed by atoms with Crippen LogP contribution in [0.15, 0.2) is 71.9 Å². The molecule has 1 unspecified atom stereocenters. The van der Waals surface area contributed by atoms with Gasteiger partial charge in [-0.25, -0.2) is 0 Å². The lowest BCUT2D eigenvalue weighted by Crippen LogP contribution is -2.28. The molecule has 0 saturated carbocycles. The highest BCUT2D eigenvalue weighted by Crippen LogP contribution is 2.26. The summed E-state index contributed by atoms with van der Waals surface area (Å²) in [5, 5.41) is 17.2. The van der Waals surface area contributed by atoms with Crippen LogP contribution >= 0.6 is 11.8 Å². The van der Waals surface area contributed by atoms with E-state index in [1.807, 2.05) is 66.9 Å². The van der Waals surface area contributed by atoms with Crippen molar-refractivity contribution in [1.82, 2.24) is 20.1 Å². The van der Waals surface area contributed by atoms with E-state index in [1.54, 1.807) is 0 Å². The van der Waals surface area contributed by atoms with Crippen LogP contribution in [0.5, 0.6) is 0 Å². The molecule has 33 heavy (non-hydrogen) atoms. The molecule has 0 bridgehead atoms. The minimum atomic E-state index is -0.140. The molecular formula is C25H25N5O2S. The summed E-state index contributed by atoms with van der Waals surface area (Å²) in [4.78, 5) is 24.1. The fraction of sp³-hybridized carbons (Fsp3) is 0.200. The second kappa shape index (κ2) is 9.87. The lowest BCUT2D eigenvalue weighted by molar-refractivity contribution is -0.119. The number of aromatic nitrogens is 3. The van der Waals surface area contributed by atoms with Crippen LogP contribution < -0.4 is 10.6 Å². The third-order valence-corrected chi connectivity index (χ3v) is 6.15. The molecular weight excluding hydrogens is 434 g/mol. The zero-order valence-corrected chi connectivity index (χ0v) is 19.5. The van der Waals surface area contributed by atoms with E-state index in [0.29, 0.717) is 16.7 Å². The van der Waals surface area contributed by atoms with Crippen LogP contribution in [0.4, 0.5) is 5.69 Å². The molecule has 1 aromatic heterocycles. The zero-order chi connectivity index (χ0) is 23.4. The van der Waals surface area contributed by atoms with Crippen LogP contribution in [0.1, 0.15) is 31.3 Å². The fourth-order valence-corrected chi connectivity index (χ4v) is 4.59. The first kappa shape index (κ1) is 22.5. The van der Waals surface area contributed by atoms with Gasteiger partial charge in [0.05, 0.1) is 17.5 Å². The zero-order valence-electron chi connectivity index (χ0n) is 18.7. The van der Waals surface area contributed by atoms with E-state index in [0.717, 1.165) is 22.0 Å². The Morgan fingerprint density at radius 2 is 1.79 bits per heavy atom. The van der Waals surface area contributed by atoms with Crippen LogP contribution in [0.3, 0.4) is 0 Å². The molecule has 7 nitrogen and oxygen atoms in total. The molecule has 0 aliphatic rings. The van der Waals surface area contributed by atoms with Gasteiger partial charge in [-0.05, 0) is 48.4 Å². The molecule has 168 valence electrons. The summed E-state index contributed by atoms with van der Waals surface area (Å²) < 4.78 is 1.87. The quantitative estimate of drug-likeness (QED) is 0.393. The average Bonchev–Trinajstić information content (AvgIpc) is 3.17. The topological polar surface area (TPSA) is 88.9 Å².